The fourth-order valence-electron chi connectivity index (χ4n) is 2.58. The quantitative estimate of drug-likeness (QED) is 0.609. The molecular weight excluding hydrogens is 302 g/mol. The lowest BCUT2D eigenvalue weighted by Gasteiger charge is -2.07. The smallest absolute Gasteiger partial charge is 0.251 e. The molecule has 3 aromatic rings. The van der Waals surface area contributed by atoms with Crippen molar-refractivity contribution in [2.45, 2.75) is 6.42 Å². The van der Waals surface area contributed by atoms with Gasteiger partial charge in [0.2, 0.25) is 5.91 Å². The maximum atomic E-state index is 12.0. The molecule has 0 aliphatic heterocycles. The molecule has 0 aliphatic carbocycles. The molecule has 0 saturated heterocycles. The van der Waals surface area contributed by atoms with E-state index in [0.29, 0.717) is 25.1 Å². The van der Waals surface area contributed by atoms with Gasteiger partial charge in [-0.25, -0.2) is 0 Å². The average molecular weight is 321 g/mol. The standard InChI is InChI=1S/C19H19N3O2/c23-18(12-15-13-22-17-9-5-4-8-16(15)17)20-10-11-21-19(24)14-6-2-1-3-7-14/h1-9,13,22H,10-12H2,(H,20,23)(H,21,24). The van der Waals surface area contributed by atoms with Gasteiger partial charge in [-0.1, -0.05) is 36.4 Å². The van der Waals surface area contributed by atoms with Crippen LogP contribution in [0.1, 0.15) is 15.9 Å². The minimum Gasteiger partial charge on any atom is -0.361 e. The second-order valence-electron chi connectivity index (χ2n) is 5.51. The predicted molar refractivity (Wildman–Crippen MR) is 93.8 cm³/mol. The summed E-state index contributed by atoms with van der Waals surface area (Å²) in [6.45, 7) is 0.799. The number of nitrogens with one attached hydrogen (secondary N) is 3. The van der Waals surface area contributed by atoms with Crippen molar-refractivity contribution in [1.82, 2.24) is 15.6 Å². The van der Waals surface area contributed by atoms with Crippen LogP contribution in [-0.4, -0.2) is 29.9 Å². The van der Waals surface area contributed by atoms with Gasteiger partial charge in [0, 0.05) is 35.8 Å². The van der Waals surface area contributed by atoms with Gasteiger partial charge in [-0.3, -0.25) is 9.59 Å². The Morgan fingerprint density at radius 2 is 1.58 bits per heavy atom. The third-order valence-corrected chi connectivity index (χ3v) is 3.79. The molecule has 0 radical (unpaired) electrons. The highest BCUT2D eigenvalue weighted by atomic mass is 16.2. The van der Waals surface area contributed by atoms with E-state index in [-0.39, 0.29) is 11.8 Å². The Kier molecular flexibility index (Phi) is 4.91. The Morgan fingerprint density at radius 3 is 2.42 bits per heavy atom. The zero-order chi connectivity index (χ0) is 16.8. The third kappa shape index (κ3) is 3.81. The average Bonchev–Trinajstić information content (AvgIpc) is 3.02. The minimum absolute atomic E-state index is 0.0614. The monoisotopic (exact) mass is 321 g/mol. The lowest BCUT2D eigenvalue weighted by molar-refractivity contribution is -0.120. The maximum Gasteiger partial charge on any atom is 0.251 e. The Morgan fingerprint density at radius 1 is 0.875 bits per heavy atom. The number of benzene rings is 2. The highest BCUT2D eigenvalue weighted by Crippen LogP contribution is 2.17. The Balaban J connectivity index is 1.44. The van der Waals surface area contributed by atoms with Crippen LogP contribution in [0.25, 0.3) is 10.9 Å². The normalized spacial score (nSPS) is 10.5. The lowest BCUT2D eigenvalue weighted by Crippen LogP contribution is -2.35. The van der Waals surface area contributed by atoms with Gasteiger partial charge >= 0.3 is 0 Å². The fraction of sp³-hybridized carbons (Fsp3) is 0.158. The number of hydrogen-bond donors (Lipinski definition) is 3. The third-order valence-electron chi connectivity index (χ3n) is 3.79. The number of para-hydroxylation sites is 1. The Labute approximate surface area is 140 Å². The number of carbonyl (C=O) groups excluding carboxylic acids is 2. The second-order valence-corrected chi connectivity index (χ2v) is 5.51. The van der Waals surface area contributed by atoms with E-state index in [2.05, 4.69) is 15.6 Å². The molecular formula is C19H19N3O2. The van der Waals surface area contributed by atoms with Crippen molar-refractivity contribution < 1.29 is 9.59 Å². The molecule has 2 aromatic carbocycles. The van der Waals surface area contributed by atoms with Gasteiger partial charge in [0.15, 0.2) is 0 Å². The summed E-state index contributed by atoms with van der Waals surface area (Å²) in [5.41, 5.74) is 2.61. The molecule has 0 saturated carbocycles. The van der Waals surface area contributed by atoms with E-state index >= 15 is 0 Å². The first kappa shape index (κ1) is 15.8. The van der Waals surface area contributed by atoms with E-state index in [1.165, 1.54) is 0 Å². The summed E-state index contributed by atoms with van der Waals surface area (Å²) in [5.74, 6) is -0.199. The van der Waals surface area contributed by atoms with E-state index in [0.717, 1.165) is 16.5 Å². The van der Waals surface area contributed by atoms with E-state index in [1.54, 1.807) is 12.1 Å². The van der Waals surface area contributed by atoms with E-state index in [1.807, 2.05) is 48.7 Å². The molecule has 1 heterocycles. The minimum atomic E-state index is -0.138. The number of hydrogen-bond acceptors (Lipinski definition) is 2. The summed E-state index contributed by atoms with van der Waals surface area (Å²) in [7, 11) is 0. The lowest BCUT2D eigenvalue weighted by atomic mass is 10.1. The van der Waals surface area contributed by atoms with Gasteiger partial charge < -0.3 is 15.6 Å². The van der Waals surface area contributed by atoms with Crippen LogP contribution in [0.2, 0.25) is 0 Å². The molecule has 0 spiro atoms. The second kappa shape index (κ2) is 7.46. The van der Waals surface area contributed by atoms with Crippen molar-refractivity contribution in [2.75, 3.05) is 13.1 Å². The molecule has 5 nitrogen and oxygen atoms in total. The number of amides is 2. The molecule has 1 aromatic heterocycles. The summed E-state index contributed by atoms with van der Waals surface area (Å²) >= 11 is 0. The van der Waals surface area contributed by atoms with Gasteiger partial charge in [0.05, 0.1) is 6.42 Å². The molecule has 3 rings (SSSR count). The van der Waals surface area contributed by atoms with Crippen LogP contribution >= 0.6 is 0 Å². The van der Waals surface area contributed by atoms with Crippen molar-refractivity contribution in [1.29, 1.82) is 0 Å². The Hall–Kier alpha value is -3.08. The molecule has 3 N–H and O–H groups in total. The van der Waals surface area contributed by atoms with Crippen LogP contribution in [0.15, 0.2) is 60.8 Å². The first-order valence-corrected chi connectivity index (χ1v) is 7.89. The summed E-state index contributed by atoms with van der Waals surface area (Å²) < 4.78 is 0. The molecule has 5 heteroatoms. The van der Waals surface area contributed by atoms with Crippen molar-refractivity contribution in [3.8, 4) is 0 Å². The van der Waals surface area contributed by atoms with Crippen molar-refractivity contribution in [2.24, 2.45) is 0 Å². The van der Waals surface area contributed by atoms with Crippen molar-refractivity contribution in [3.05, 3.63) is 71.9 Å². The summed E-state index contributed by atoms with van der Waals surface area (Å²) in [4.78, 5) is 27.1. The number of rotatable bonds is 6. The molecule has 122 valence electrons. The van der Waals surface area contributed by atoms with Crippen molar-refractivity contribution in [3.63, 3.8) is 0 Å². The van der Waals surface area contributed by atoms with Gasteiger partial charge in [-0.05, 0) is 23.8 Å². The summed E-state index contributed by atoms with van der Waals surface area (Å²) in [6.07, 6.45) is 2.18. The number of carbonyl (C=O) groups is 2. The number of aromatic amines is 1. The fourth-order valence-corrected chi connectivity index (χ4v) is 2.58. The van der Waals surface area contributed by atoms with E-state index < -0.39 is 0 Å². The van der Waals surface area contributed by atoms with E-state index in [4.69, 9.17) is 0 Å². The molecule has 0 atom stereocenters. The highest BCUT2D eigenvalue weighted by Gasteiger charge is 2.08. The van der Waals surface area contributed by atoms with Gasteiger partial charge in [-0.15, -0.1) is 0 Å². The molecule has 0 unspecified atom stereocenters. The van der Waals surface area contributed by atoms with Crippen LogP contribution in [0.3, 0.4) is 0 Å². The number of aromatic nitrogens is 1. The molecule has 24 heavy (non-hydrogen) atoms. The SMILES string of the molecule is O=C(Cc1c[nH]c2ccccc12)NCCNC(=O)c1ccccc1. The largest absolute Gasteiger partial charge is 0.361 e. The molecule has 0 fully saturated rings. The van der Waals surface area contributed by atoms with Gasteiger partial charge in [-0.2, -0.15) is 0 Å². The number of H-pyrrole nitrogens is 1. The predicted octanol–water partition coefficient (Wildman–Crippen LogP) is 2.26. The maximum absolute atomic E-state index is 12.0. The van der Waals surface area contributed by atoms with Crippen molar-refractivity contribution >= 4 is 22.7 Å². The van der Waals surface area contributed by atoms with Crippen LogP contribution in [0, 0.1) is 0 Å². The van der Waals surface area contributed by atoms with Crippen LogP contribution < -0.4 is 10.6 Å². The Bertz CT molecular complexity index is 840. The van der Waals surface area contributed by atoms with Gasteiger partial charge in [0.1, 0.15) is 0 Å². The zero-order valence-corrected chi connectivity index (χ0v) is 13.2. The molecule has 0 aliphatic rings. The number of fused-ring (bicyclic) bond motifs is 1. The van der Waals surface area contributed by atoms with Gasteiger partial charge in [0.25, 0.3) is 5.91 Å². The first-order valence-electron chi connectivity index (χ1n) is 7.89. The molecule has 0 bridgehead atoms. The topological polar surface area (TPSA) is 74.0 Å². The first-order chi connectivity index (χ1) is 11.7. The van der Waals surface area contributed by atoms with Crippen LogP contribution in [-0.2, 0) is 11.2 Å². The highest BCUT2D eigenvalue weighted by molar-refractivity contribution is 5.94. The zero-order valence-electron chi connectivity index (χ0n) is 13.2. The summed E-state index contributed by atoms with van der Waals surface area (Å²) in [5, 5.41) is 6.67. The van der Waals surface area contributed by atoms with Crippen LogP contribution in [0.4, 0.5) is 0 Å². The summed E-state index contributed by atoms with van der Waals surface area (Å²) in [6, 6.07) is 16.9. The molecule has 2 amide bonds. The van der Waals surface area contributed by atoms with E-state index in [9.17, 15) is 9.59 Å². The van der Waals surface area contributed by atoms with Crippen LogP contribution in [0.5, 0.6) is 0 Å².